The molecule has 0 spiro atoms. The van der Waals surface area contributed by atoms with E-state index in [1.165, 1.54) is 18.2 Å². The summed E-state index contributed by atoms with van der Waals surface area (Å²) in [6.07, 6.45) is 0.0604. The number of carbonyl (C=O) groups excluding carboxylic acids is 2. The zero-order valence-electron chi connectivity index (χ0n) is 22.8. The fraction of sp³-hybridized carbons (Fsp3) is 0.533. The van der Waals surface area contributed by atoms with Crippen LogP contribution in [0, 0.1) is 5.92 Å². The molecule has 0 aromatic heterocycles. The smallest absolute Gasteiger partial charge is 0.430 e. The Morgan fingerprint density at radius 3 is 2.34 bits per heavy atom. The van der Waals surface area contributed by atoms with Gasteiger partial charge in [-0.3, -0.25) is 9.59 Å². The van der Waals surface area contributed by atoms with Gasteiger partial charge < -0.3 is 24.7 Å². The zero-order chi connectivity index (χ0) is 29.6. The Morgan fingerprint density at radius 2 is 1.71 bits per heavy atom. The molecule has 224 valence electrons. The van der Waals surface area contributed by atoms with Crippen LogP contribution in [-0.4, -0.2) is 76.9 Å². The van der Waals surface area contributed by atoms with Crippen LogP contribution < -0.4 is 4.74 Å². The first-order valence-electron chi connectivity index (χ1n) is 14.0. The lowest BCUT2D eigenvalue weighted by Crippen LogP contribution is -2.57. The number of carbonyl (C=O) groups is 2. The van der Waals surface area contributed by atoms with Crippen molar-refractivity contribution < 1.29 is 37.7 Å². The highest BCUT2D eigenvalue weighted by molar-refractivity contribution is 6.34. The number of hydrogen-bond donors (Lipinski definition) is 2. The molecular formula is C30H36ClF3N2O5. The van der Waals surface area contributed by atoms with Gasteiger partial charge >= 0.3 is 6.18 Å². The number of likely N-dealkylation sites (tertiary alicyclic amines) is 2. The molecule has 2 N–H and O–H groups in total. The molecule has 2 aromatic rings. The van der Waals surface area contributed by atoms with Crippen LogP contribution in [0.15, 0.2) is 48.5 Å². The van der Waals surface area contributed by atoms with Crippen LogP contribution in [0.5, 0.6) is 5.75 Å². The number of halogens is 4. The topological polar surface area (TPSA) is 90.3 Å². The maximum absolute atomic E-state index is 13.9. The summed E-state index contributed by atoms with van der Waals surface area (Å²) in [4.78, 5) is 28.5. The largest absolute Gasteiger partial charge is 0.494 e. The molecule has 1 unspecified atom stereocenters. The number of aliphatic hydroxyl groups excluding tert-OH is 1. The molecule has 2 aromatic carbocycles. The molecule has 0 saturated carbocycles. The summed E-state index contributed by atoms with van der Waals surface area (Å²) in [5.74, 6) is -0.714. The third kappa shape index (κ3) is 6.98. The predicted octanol–water partition coefficient (Wildman–Crippen LogP) is 5.17. The molecule has 7 nitrogen and oxygen atoms in total. The lowest BCUT2D eigenvalue weighted by molar-refractivity contribution is -0.262. The predicted molar refractivity (Wildman–Crippen MR) is 148 cm³/mol. The first-order chi connectivity index (χ1) is 19.6. The van der Waals surface area contributed by atoms with Crippen LogP contribution in [0.3, 0.4) is 0 Å². The quantitative estimate of drug-likeness (QED) is 0.369. The number of nitrogens with zero attached hydrogens (tertiary/aromatic N) is 2. The van der Waals surface area contributed by atoms with Gasteiger partial charge in [-0.15, -0.1) is 0 Å². The molecule has 2 aliphatic rings. The van der Waals surface area contributed by atoms with E-state index in [0.29, 0.717) is 42.3 Å². The van der Waals surface area contributed by atoms with E-state index < -0.39 is 23.2 Å². The molecule has 2 saturated heterocycles. The first kappa shape index (κ1) is 31.1. The van der Waals surface area contributed by atoms with Crippen LogP contribution in [0.25, 0.3) is 0 Å². The Bertz CT molecular complexity index is 1190. The average molecular weight is 597 g/mol. The molecule has 2 fully saturated rings. The number of aliphatic hydroxyl groups is 2. The number of rotatable bonds is 10. The number of piperidine rings is 1. The zero-order valence-corrected chi connectivity index (χ0v) is 23.5. The van der Waals surface area contributed by atoms with Crippen molar-refractivity contribution >= 4 is 23.4 Å². The second-order valence-corrected chi connectivity index (χ2v) is 11.2. The Balaban J connectivity index is 1.20. The second-order valence-electron chi connectivity index (χ2n) is 10.8. The van der Waals surface area contributed by atoms with E-state index in [1.54, 1.807) is 23.1 Å². The maximum Gasteiger partial charge on any atom is 0.430 e. The van der Waals surface area contributed by atoms with E-state index in [1.807, 2.05) is 0 Å². The summed E-state index contributed by atoms with van der Waals surface area (Å²) in [6, 6.07) is 11.3. The summed E-state index contributed by atoms with van der Waals surface area (Å²) in [5, 5.41) is 20.3. The lowest BCUT2D eigenvalue weighted by Gasteiger charge is -2.38. The third-order valence-electron chi connectivity index (χ3n) is 8.11. The molecule has 0 aliphatic carbocycles. The van der Waals surface area contributed by atoms with Gasteiger partial charge in [0.2, 0.25) is 0 Å². The van der Waals surface area contributed by atoms with Crippen LogP contribution >= 0.6 is 11.6 Å². The summed E-state index contributed by atoms with van der Waals surface area (Å²) in [5.41, 5.74) is -3.67. The van der Waals surface area contributed by atoms with Crippen molar-refractivity contribution in [1.82, 2.24) is 9.80 Å². The van der Waals surface area contributed by atoms with Crippen molar-refractivity contribution in [3.05, 3.63) is 64.7 Å². The van der Waals surface area contributed by atoms with Gasteiger partial charge in [0.05, 0.1) is 29.8 Å². The lowest BCUT2D eigenvalue weighted by atomic mass is 9.88. The molecule has 0 bridgehead atoms. The van der Waals surface area contributed by atoms with Gasteiger partial charge in [-0.25, -0.2) is 0 Å². The monoisotopic (exact) mass is 596 g/mol. The van der Waals surface area contributed by atoms with Crippen molar-refractivity contribution in [3.63, 3.8) is 0 Å². The Hall–Kier alpha value is -2.82. The summed E-state index contributed by atoms with van der Waals surface area (Å²) in [6.45, 7) is 1.28. The van der Waals surface area contributed by atoms with Gasteiger partial charge in [-0.1, -0.05) is 48.4 Å². The highest BCUT2D eigenvalue weighted by Crippen LogP contribution is 2.41. The average Bonchev–Trinajstić information content (AvgIpc) is 3.45. The molecule has 4 rings (SSSR count). The summed E-state index contributed by atoms with van der Waals surface area (Å²) >= 11 is 6.36. The number of benzene rings is 2. The van der Waals surface area contributed by atoms with Gasteiger partial charge in [-0.2, -0.15) is 13.2 Å². The molecule has 2 atom stereocenters. The number of alkyl halides is 3. The van der Waals surface area contributed by atoms with Crippen LogP contribution in [0.2, 0.25) is 5.02 Å². The standard InChI is InChI=1S/C30H36ClF3N2O5/c31-26-19-24(11-12-25(26)27(38)36-15-6-10-23(36)20-37)41-18-5-4-7-21-13-16-35(17-14-21)28(39)29(40,30(32,33)34)22-8-2-1-3-9-22/h1-3,8-9,11-12,19,21,23,37,40H,4-7,10,13-18,20H2/t23-,29?/m0/s1. The molecule has 41 heavy (non-hydrogen) atoms. The fourth-order valence-electron chi connectivity index (χ4n) is 5.67. The Morgan fingerprint density at radius 1 is 1.00 bits per heavy atom. The van der Waals surface area contributed by atoms with Crippen molar-refractivity contribution in [2.45, 2.75) is 62.8 Å². The molecular weight excluding hydrogens is 561 g/mol. The first-order valence-corrected chi connectivity index (χ1v) is 14.4. The highest BCUT2D eigenvalue weighted by atomic mass is 35.5. The van der Waals surface area contributed by atoms with Crippen LogP contribution in [0.4, 0.5) is 13.2 Å². The van der Waals surface area contributed by atoms with Gasteiger partial charge in [-0.05, 0) is 62.6 Å². The molecule has 2 heterocycles. The molecule has 11 heteroatoms. The van der Waals surface area contributed by atoms with Crippen molar-refractivity contribution in [2.75, 3.05) is 32.8 Å². The molecule has 0 radical (unpaired) electrons. The highest BCUT2D eigenvalue weighted by Gasteiger charge is 2.62. The maximum atomic E-state index is 13.9. The normalized spacial score (nSPS) is 19.7. The second kappa shape index (κ2) is 13.4. The van der Waals surface area contributed by atoms with E-state index in [9.17, 15) is 33.0 Å². The van der Waals surface area contributed by atoms with E-state index in [0.717, 1.165) is 49.1 Å². The van der Waals surface area contributed by atoms with E-state index in [2.05, 4.69) is 0 Å². The van der Waals surface area contributed by atoms with E-state index in [-0.39, 0.29) is 37.6 Å². The third-order valence-corrected chi connectivity index (χ3v) is 8.42. The minimum Gasteiger partial charge on any atom is -0.494 e. The SMILES string of the molecule is O=C(c1ccc(OCCCCC2CCN(C(=O)C(O)(c3ccccc3)C(F)(F)F)CC2)cc1Cl)N1CCC[C@H]1CO. The molecule has 2 aliphatic heterocycles. The number of amides is 2. The van der Waals surface area contributed by atoms with Gasteiger partial charge in [0, 0.05) is 25.2 Å². The van der Waals surface area contributed by atoms with Crippen molar-refractivity contribution in [2.24, 2.45) is 5.92 Å². The fourth-order valence-corrected chi connectivity index (χ4v) is 5.92. The van der Waals surface area contributed by atoms with Crippen LogP contribution in [-0.2, 0) is 10.4 Å². The van der Waals surface area contributed by atoms with Gasteiger partial charge in [0.25, 0.3) is 17.4 Å². The van der Waals surface area contributed by atoms with E-state index in [4.69, 9.17) is 16.3 Å². The van der Waals surface area contributed by atoms with Crippen LogP contribution in [0.1, 0.15) is 60.9 Å². The van der Waals surface area contributed by atoms with Crippen molar-refractivity contribution in [1.29, 1.82) is 0 Å². The summed E-state index contributed by atoms with van der Waals surface area (Å²) < 4.78 is 47.4. The van der Waals surface area contributed by atoms with E-state index >= 15 is 0 Å². The van der Waals surface area contributed by atoms with Gasteiger partial charge in [0.15, 0.2) is 0 Å². The minimum atomic E-state index is -5.14. The van der Waals surface area contributed by atoms with Crippen molar-refractivity contribution in [3.8, 4) is 5.75 Å². The Labute approximate surface area is 242 Å². The van der Waals surface area contributed by atoms with Gasteiger partial charge in [0.1, 0.15) is 5.75 Å². The number of ether oxygens (including phenoxy) is 1. The number of unbranched alkanes of at least 4 members (excludes halogenated alkanes) is 1. The number of hydrogen-bond acceptors (Lipinski definition) is 5. The summed E-state index contributed by atoms with van der Waals surface area (Å²) in [7, 11) is 0. The minimum absolute atomic E-state index is 0.0720. The Kier molecular flexibility index (Phi) is 10.2. The molecule has 2 amide bonds.